The molecule has 2 heterocycles. The molecule has 1 aromatic heterocycles. The Kier molecular flexibility index (Phi) is 3.45. The van der Waals surface area contributed by atoms with Gasteiger partial charge in [-0.1, -0.05) is 0 Å². The van der Waals surface area contributed by atoms with Crippen molar-refractivity contribution in [1.82, 2.24) is 4.98 Å². The van der Waals surface area contributed by atoms with E-state index in [1.165, 1.54) is 18.2 Å². The van der Waals surface area contributed by atoms with Gasteiger partial charge in [-0.25, -0.2) is 4.98 Å². The van der Waals surface area contributed by atoms with Crippen LogP contribution in [0.2, 0.25) is 0 Å². The quantitative estimate of drug-likeness (QED) is 0.735. The maximum atomic E-state index is 11.8. The second kappa shape index (κ2) is 5.03. The molecule has 6 heteroatoms. The summed E-state index contributed by atoms with van der Waals surface area (Å²) in [6.45, 7) is 0.310. The van der Waals surface area contributed by atoms with Crippen molar-refractivity contribution in [2.24, 2.45) is 5.92 Å². The molecule has 18 heavy (non-hydrogen) atoms. The third-order valence-corrected chi connectivity index (χ3v) is 2.89. The van der Waals surface area contributed by atoms with Gasteiger partial charge in [0.25, 0.3) is 0 Å². The highest BCUT2D eigenvalue weighted by atomic mass is 16.5. The van der Waals surface area contributed by atoms with Crippen LogP contribution in [0.1, 0.15) is 6.42 Å². The zero-order valence-electron chi connectivity index (χ0n) is 10.3. The smallest absolute Gasteiger partial charge is 0.311 e. The van der Waals surface area contributed by atoms with Crippen LogP contribution < -0.4 is 9.64 Å². The minimum Gasteiger partial charge on any atom is -0.495 e. The second-order valence-corrected chi connectivity index (χ2v) is 3.98. The number of ether oxygens (including phenoxy) is 2. The van der Waals surface area contributed by atoms with Gasteiger partial charge < -0.3 is 9.47 Å². The van der Waals surface area contributed by atoms with E-state index in [2.05, 4.69) is 9.72 Å². The van der Waals surface area contributed by atoms with E-state index in [0.717, 1.165) is 0 Å². The number of nitrogens with zero attached hydrogens (tertiary/aromatic N) is 2. The van der Waals surface area contributed by atoms with Crippen molar-refractivity contribution >= 4 is 17.7 Å². The predicted molar refractivity (Wildman–Crippen MR) is 63.3 cm³/mol. The first-order valence-corrected chi connectivity index (χ1v) is 5.54. The Hall–Kier alpha value is -2.11. The lowest BCUT2D eigenvalue weighted by Crippen LogP contribution is -2.26. The van der Waals surface area contributed by atoms with Crippen molar-refractivity contribution in [3.8, 4) is 5.75 Å². The normalized spacial score (nSPS) is 18.9. The number of pyridine rings is 1. The highest BCUT2D eigenvalue weighted by molar-refractivity contribution is 5.98. The maximum absolute atomic E-state index is 11.8. The van der Waals surface area contributed by atoms with Crippen LogP contribution in [0.5, 0.6) is 5.75 Å². The number of esters is 1. The number of anilines is 1. The van der Waals surface area contributed by atoms with Crippen molar-refractivity contribution in [2.75, 3.05) is 25.7 Å². The van der Waals surface area contributed by atoms with E-state index in [9.17, 15) is 9.59 Å². The van der Waals surface area contributed by atoms with Crippen LogP contribution in [0, 0.1) is 5.92 Å². The van der Waals surface area contributed by atoms with E-state index in [1.54, 1.807) is 19.2 Å². The SMILES string of the molecule is COC(=O)C1CC(=O)N(c2ccc(OC)cn2)C1. The molecule has 0 aliphatic carbocycles. The van der Waals surface area contributed by atoms with Crippen LogP contribution >= 0.6 is 0 Å². The van der Waals surface area contributed by atoms with Gasteiger partial charge in [-0.3, -0.25) is 14.5 Å². The number of rotatable bonds is 3. The lowest BCUT2D eigenvalue weighted by Gasteiger charge is -2.15. The van der Waals surface area contributed by atoms with Gasteiger partial charge in [0.1, 0.15) is 11.6 Å². The van der Waals surface area contributed by atoms with Gasteiger partial charge in [-0.2, -0.15) is 0 Å². The van der Waals surface area contributed by atoms with Gasteiger partial charge in [0.2, 0.25) is 5.91 Å². The highest BCUT2D eigenvalue weighted by Gasteiger charge is 2.36. The van der Waals surface area contributed by atoms with Crippen LogP contribution in [-0.2, 0) is 14.3 Å². The van der Waals surface area contributed by atoms with Crippen LogP contribution in [0.15, 0.2) is 18.3 Å². The molecule has 0 bridgehead atoms. The van der Waals surface area contributed by atoms with Crippen molar-refractivity contribution in [1.29, 1.82) is 0 Å². The molecule has 1 aliphatic rings. The fourth-order valence-electron chi connectivity index (χ4n) is 1.91. The first-order valence-electron chi connectivity index (χ1n) is 5.54. The lowest BCUT2D eigenvalue weighted by molar-refractivity contribution is -0.145. The number of methoxy groups -OCH3 is 2. The average molecular weight is 250 g/mol. The van der Waals surface area contributed by atoms with E-state index in [-0.39, 0.29) is 18.3 Å². The Morgan fingerprint density at radius 2 is 2.22 bits per heavy atom. The standard InChI is InChI=1S/C12H14N2O4/c1-17-9-3-4-10(13-6-9)14-7-8(5-11(14)15)12(16)18-2/h3-4,6,8H,5,7H2,1-2H3. The van der Waals surface area contributed by atoms with E-state index >= 15 is 0 Å². The summed E-state index contributed by atoms with van der Waals surface area (Å²) in [5.74, 6) is 0.246. The summed E-state index contributed by atoms with van der Waals surface area (Å²) >= 11 is 0. The maximum Gasteiger partial charge on any atom is 0.311 e. The summed E-state index contributed by atoms with van der Waals surface area (Å²) in [6.07, 6.45) is 1.70. The number of amides is 1. The van der Waals surface area contributed by atoms with E-state index < -0.39 is 5.92 Å². The molecule has 1 aromatic rings. The third kappa shape index (κ3) is 2.27. The second-order valence-electron chi connectivity index (χ2n) is 3.98. The van der Waals surface area contributed by atoms with Crippen molar-refractivity contribution in [3.63, 3.8) is 0 Å². The molecular weight excluding hydrogens is 236 g/mol. The van der Waals surface area contributed by atoms with E-state index in [1.807, 2.05) is 0 Å². The van der Waals surface area contributed by atoms with Crippen LogP contribution in [0.4, 0.5) is 5.82 Å². The summed E-state index contributed by atoms with van der Waals surface area (Å²) < 4.78 is 9.64. The molecule has 1 atom stereocenters. The zero-order valence-corrected chi connectivity index (χ0v) is 10.3. The first kappa shape index (κ1) is 12.3. The number of hydrogen-bond acceptors (Lipinski definition) is 5. The minimum atomic E-state index is -0.411. The van der Waals surface area contributed by atoms with Crippen LogP contribution in [0.3, 0.4) is 0 Å². The molecule has 0 N–H and O–H groups in total. The fourth-order valence-corrected chi connectivity index (χ4v) is 1.91. The van der Waals surface area contributed by atoms with Crippen LogP contribution in [-0.4, -0.2) is 37.6 Å². The average Bonchev–Trinajstić information content (AvgIpc) is 2.80. The summed E-state index contributed by atoms with van der Waals surface area (Å²) in [7, 11) is 2.87. The van der Waals surface area contributed by atoms with E-state index in [0.29, 0.717) is 18.1 Å². The summed E-state index contributed by atoms with van der Waals surface area (Å²) in [5, 5.41) is 0. The molecular formula is C12H14N2O4. The van der Waals surface area contributed by atoms with Gasteiger partial charge in [-0.05, 0) is 12.1 Å². The van der Waals surface area contributed by atoms with Gasteiger partial charge >= 0.3 is 5.97 Å². The Morgan fingerprint density at radius 3 is 2.78 bits per heavy atom. The van der Waals surface area contributed by atoms with Gasteiger partial charge in [0.05, 0.1) is 26.3 Å². The molecule has 6 nitrogen and oxygen atoms in total. The lowest BCUT2D eigenvalue weighted by atomic mass is 10.1. The molecule has 1 amide bonds. The van der Waals surface area contributed by atoms with Gasteiger partial charge in [0, 0.05) is 13.0 Å². The van der Waals surface area contributed by atoms with Crippen LogP contribution in [0.25, 0.3) is 0 Å². The summed E-state index contributed by atoms with van der Waals surface area (Å²) in [4.78, 5) is 28.8. The van der Waals surface area contributed by atoms with Crippen molar-refractivity contribution < 1.29 is 19.1 Å². The predicted octanol–water partition coefficient (Wildman–Crippen LogP) is 0.616. The Balaban J connectivity index is 2.13. The molecule has 0 saturated carbocycles. The van der Waals surface area contributed by atoms with Gasteiger partial charge in [-0.15, -0.1) is 0 Å². The Bertz CT molecular complexity index is 458. The number of aromatic nitrogens is 1. The third-order valence-electron chi connectivity index (χ3n) is 2.89. The Labute approximate surface area is 105 Å². The molecule has 0 spiro atoms. The number of hydrogen-bond donors (Lipinski definition) is 0. The molecule has 1 saturated heterocycles. The molecule has 0 radical (unpaired) electrons. The molecule has 1 fully saturated rings. The Morgan fingerprint density at radius 1 is 1.44 bits per heavy atom. The molecule has 2 rings (SSSR count). The largest absolute Gasteiger partial charge is 0.495 e. The summed E-state index contributed by atoms with van der Waals surface area (Å²) in [6, 6.07) is 3.41. The molecule has 96 valence electrons. The minimum absolute atomic E-state index is 0.122. The van der Waals surface area contributed by atoms with Gasteiger partial charge in [0.15, 0.2) is 0 Å². The highest BCUT2D eigenvalue weighted by Crippen LogP contribution is 2.25. The summed E-state index contributed by atoms with van der Waals surface area (Å²) in [5.41, 5.74) is 0. The first-order chi connectivity index (χ1) is 8.65. The number of carbonyl (C=O) groups excluding carboxylic acids is 2. The monoisotopic (exact) mass is 250 g/mol. The van der Waals surface area contributed by atoms with Crippen molar-refractivity contribution in [2.45, 2.75) is 6.42 Å². The molecule has 1 aliphatic heterocycles. The van der Waals surface area contributed by atoms with E-state index in [4.69, 9.17) is 4.74 Å². The topological polar surface area (TPSA) is 68.7 Å². The molecule has 0 aromatic carbocycles. The number of carbonyl (C=O) groups is 2. The fraction of sp³-hybridized carbons (Fsp3) is 0.417. The van der Waals surface area contributed by atoms with Crippen molar-refractivity contribution in [3.05, 3.63) is 18.3 Å². The zero-order chi connectivity index (χ0) is 13.1. The molecule has 1 unspecified atom stereocenters.